The highest BCUT2D eigenvalue weighted by molar-refractivity contribution is 6.21. The maximum Gasteiger partial charge on any atom is 0.257 e. The Morgan fingerprint density at radius 2 is 1.88 bits per heavy atom. The molecule has 1 aliphatic rings. The molecule has 0 spiro atoms. The van der Waals surface area contributed by atoms with Gasteiger partial charge in [-0.1, -0.05) is 0 Å². The second kappa shape index (κ2) is 7.35. The van der Waals surface area contributed by atoms with E-state index in [1.807, 2.05) is 0 Å². The van der Waals surface area contributed by atoms with E-state index in [4.69, 9.17) is 15.2 Å². The van der Waals surface area contributed by atoms with Crippen molar-refractivity contribution in [2.45, 2.75) is 0 Å². The molecule has 25 heavy (non-hydrogen) atoms. The van der Waals surface area contributed by atoms with Gasteiger partial charge in [0.15, 0.2) is 11.5 Å². The number of aromatic nitrogens is 2. The number of carbonyl (C=O) groups excluding carboxylic acids is 1. The van der Waals surface area contributed by atoms with Crippen LogP contribution < -0.4 is 20.5 Å². The number of fused-ring (bicyclic) bond motifs is 1. The SMILES string of the molecule is COc1cc2ncnc(C(=CN)C(=O)N3CCNCC3)c2cc1OC. The third-order valence-corrected chi connectivity index (χ3v) is 4.20. The van der Waals surface area contributed by atoms with Gasteiger partial charge >= 0.3 is 0 Å². The Kier molecular flexibility index (Phi) is 4.99. The Balaban J connectivity index is 2.08. The number of carbonyl (C=O) groups is 1. The molecule has 132 valence electrons. The van der Waals surface area contributed by atoms with Crippen molar-refractivity contribution < 1.29 is 14.3 Å². The Morgan fingerprint density at radius 3 is 2.52 bits per heavy atom. The van der Waals surface area contributed by atoms with Gasteiger partial charge in [-0.15, -0.1) is 0 Å². The van der Waals surface area contributed by atoms with Crippen molar-refractivity contribution in [2.75, 3.05) is 40.4 Å². The third kappa shape index (κ3) is 3.20. The molecule has 0 radical (unpaired) electrons. The number of hydrogen-bond donors (Lipinski definition) is 2. The van der Waals surface area contributed by atoms with Gasteiger partial charge in [0, 0.05) is 43.8 Å². The van der Waals surface area contributed by atoms with Crippen LogP contribution in [0, 0.1) is 0 Å². The van der Waals surface area contributed by atoms with E-state index in [1.54, 1.807) is 31.3 Å². The maximum absolute atomic E-state index is 12.9. The molecule has 1 aliphatic heterocycles. The van der Waals surface area contributed by atoms with E-state index >= 15 is 0 Å². The smallest absolute Gasteiger partial charge is 0.257 e. The van der Waals surface area contributed by atoms with Crippen molar-refractivity contribution in [3.8, 4) is 11.5 Å². The average Bonchev–Trinajstić information content (AvgIpc) is 2.68. The Hall–Kier alpha value is -2.87. The molecular formula is C17H21N5O3. The Morgan fingerprint density at radius 1 is 1.20 bits per heavy atom. The molecule has 3 N–H and O–H groups in total. The van der Waals surface area contributed by atoms with Crippen molar-refractivity contribution in [3.05, 3.63) is 30.4 Å². The lowest BCUT2D eigenvalue weighted by molar-refractivity contribution is -0.125. The van der Waals surface area contributed by atoms with E-state index in [2.05, 4.69) is 15.3 Å². The molecule has 0 unspecified atom stereocenters. The highest BCUT2D eigenvalue weighted by atomic mass is 16.5. The summed E-state index contributed by atoms with van der Waals surface area (Å²) in [7, 11) is 3.11. The van der Waals surface area contributed by atoms with Crippen molar-refractivity contribution in [1.29, 1.82) is 0 Å². The van der Waals surface area contributed by atoms with E-state index < -0.39 is 0 Å². The summed E-state index contributed by atoms with van der Waals surface area (Å²) >= 11 is 0. The second-order valence-electron chi connectivity index (χ2n) is 5.57. The van der Waals surface area contributed by atoms with Gasteiger partial charge < -0.3 is 25.4 Å². The molecule has 8 nitrogen and oxygen atoms in total. The third-order valence-electron chi connectivity index (χ3n) is 4.20. The minimum absolute atomic E-state index is 0.140. The minimum atomic E-state index is -0.140. The van der Waals surface area contributed by atoms with E-state index in [9.17, 15) is 4.79 Å². The molecule has 8 heteroatoms. The van der Waals surface area contributed by atoms with Crippen LogP contribution >= 0.6 is 0 Å². The van der Waals surface area contributed by atoms with Crippen LogP contribution in [-0.2, 0) is 4.79 Å². The van der Waals surface area contributed by atoms with Gasteiger partial charge in [-0.2, -0.15) is 0 Å². The van der Waals surface area contributed by atoms with Gasteiger partial charge in [0.1, 0.15) is 6.33 Å². The molecule has 2 aromatic rings. The van der Waals surface area contributed by atoms with E-state index in [0.29, 0.717) is 46.8 Å². The molecule has 0 saturated carbocycles. The standard InChI is InChI=1S/C17H21N5O3/c1-24-14-7-11-13(8-15(14)25-2)20-10-21-16(11)12(9-18)17(23)22-5-3-19-4-6-22/h7-10,19H,3-6,18H2,1-2H3. The second-order valence-corrected chi connectivity index (χ2v) is 5.57. The lowest BCUT2D eigenvalue weighted by Gasteiger charge is -2.28. The Labute approximate surface area is 145 Å². The van der Waals surface area contributed by atoms with Gasteiger partial charge in [0.05, 0.1) is 31.0 Å². The zero-order chi connectivity index (χ0) is 17.8. The minimum Gasteiger partial charge on any atom is -0.493 e. The lowest BCUT2D eigenvalue weighted by Crippen LogP contribution is -2.46. The Bertz CT molecular complexity index is 815. The van der Waals surface area contributed by atoms with Gasteiger partial charge in [-0.25, -0.2) is 9.97 Å². The van der Waals surface area contributed by atoms with Gasteiger partial charge in [0.2, 0.25) is 0 Å². The topological polar surface area (TPSA) is 103 Å². The molecule has 1 fully saturated rings. The van der Waals surface area contributed by atoms with E-state index in [1.165, 1.54) is 12.5 Å². The van der Waals surface area contributed by atoms with Crippen LogP contribution in [-0.4, -0.2) is 61.2 Å². The normalized spacial score (nSPS) is 15.3. The first kappa shape index (κ1) is 17.0. The maximum atomic E-state index is 12.9. The largest absolute Gasteiger partial charge is 0.493 e. The molecule has 1 saturated heterocycles. The summed E-state index contributed by atoms with van der Waals surface area (Å²) in [4.78, 5) is 23.2. The summed E-state index contributed by atoms with van der Waals surface area (Å²) < 4.78 is 10.7. The summed E-state index contributed by atoms with van der Waals surface area (Å²) in [5, 5.41) is 3.90. The van der Waals surface area contributed by atoms with E-state index in [0.717, 1.165) is 13.1 Å². The first-order valence-corrected chi connectivity index (χ1v) is 7.98. The summed E-state index contributed by atoms with van der Waals surface area (Å²) in [6.45, 7) is 2.80. The van der Waals surface area contributed by atoms with Gasteiger partial charge in [-0.3, -0.25) is 4.79 Å². The predicted octanol–water partition coefficient (Wildman–Crippen LogP) is 0.378. The fraction of sp³-hybridized carbons (Fsp3) is 0.353. The number of amides is 1. The summed E-state index contributed by atoms with van der Waals surface area (Å²) in [6.07, 6.45) is 2.72. The highest BCUT2D eigenvalue weighted by Crippen LogP contribution is 2.34. The van der Waals surface area contributed by atoms with Crippen LogP contribution in [0.3, 0.4) is 0 Å². The highest BCUT2D eigenvalue weighted by Gasteiger charge is 2.24. The summed E-state index contributed by atoms with van der Waals surface area (Å²) in [6, 6.07) is 3.51. The number of ether oxygens (including phenoxy) is 2. The number of nitrogens with zero attached hydrogens (tertiary/aromatic N) is 3. The molecule has 0 bridgehead atoms. The predicted molar refractivity (Wildman–Crippen MR) is 94.3 cm³/mol. The summed E-state index contributed by atoms with van der Waals surface area (Å²) in [5.74, 6) is 0.960. The van der Waals surface area contributed by atoms with Crippen LogP contribution in [0.4, 0.5) is 0 Å². The van der Waals surface area contributed by atoms with Crippen molar-refractivity contribution in [1.82, 2.24) is 20.2 Å². The molecule has 1 amide bonds. The number of benzene rings is 1. The number of nitrogens with one attached hydrogen (secondary N) is 1. The average molecular weight is 343 g/mol. The van der Waals surface area contributed by atoms with Crippen LogP contribution in [0.15, 0.2) is 24.7 Å². The number of piperazine rings is 1. The molecule has 3 rings (SSSR count). The molecular weight excluding hydrogens is 322 g/mol. The van der Waals surface area contributed by atoms with Crippen molar-refractivity contribution in [2.24, 2.45) is 5.73 Å². The first-order valence-electron chi connectivity index (χ1n) is 7.98. The lowest BCUT2D eigenvalue weighted by atomic mass is 10.1. The zero-order valence-electron chi connectivity index (χ0n) is 14.3. The number of hydrogen-bond acceptors (Lipinski definition) is 7. The van der Waals surface area contributed by atoms with Crippen LogP contribution in [0.25, 0.3) is 16.5 Å². The fourth-order valence-corrected chi connectivity index (χ4v) is 2.89. The molecule has 2 heterocycles. The number of methoxy groups -OCH3 is 2. The molecule has 1 aromatic heterocycles. The zero-order valence-corrected chi connectivity index (χ0v) is 14.3. The summed E-state index contributed by atoms with van der Waals surface area (Å²) in [5.41, 5.74) is 7.27. The van der Waals surface area contributed by atoms with Crippen LogP contribution in [0.5, 0.6) is 11.5 Å². The first-order chi connectivity index (χ1) is 12.2. The van der Waals surface area contributed by atoms with Crippen molar-refractivity contribution in [3.63, 3.8) is 0 Å². The number of nitrogens with two attached hydrogens (primary N) is 1. The quantitative estimate of drug-likeness (QED) is 0.774. The molecule has 1 aromatic carbocycles. The monoisotopic (exact) mass is 343 g/mol. The number of rotatable bonds is 4. The van der Waals surface area contributed by atoms with Gasteiger partial charge in [0.25, 0.3) is 5.91 Å². The van der Waals surface area contributed by atoms with E-state index in [-0.39, 0.29) is 5.91 Å². The van der Waals surface area contributed by atoms with Gasteiger partial charge in [-0.05, 0) is 6.07 Å². The van der Waals surface area contributed by atoms with Crippen molar-refractivity contribution >= 4 is 22.4 Å². The molecule has 0 atom stereocenters. The molecule has 0 aliphatic carbocycles. The van der Waals surface area contributed by atoms with Crippen LogP contribution in [0.2, 0.25) is 0 Å². The van der Waals surface area contributed by atoms with Crippen LogP contribution in [0.1, 0.15) is 5.69 Å². The fourth-order valence-electron chi connectivity index (χ4n) is 2.89.